The van der Waals surface area contributed by atoms with Gasteiger partial charge in [0.1, 0.15) is 5.82 Å². The third kappa shape index (κ3) is 3.62. The van der Waals surface area contributed by atoms with Crippen molar-refractivity contribution in [1.82, 2.24) is 9.97 Å². The molecule has 0 aliphatic carbocycles. The molecule has 2 aromatic heterocycles. The Hall–Kier alpha value is -3.06. The number of amides is 1. The summed E-state index contributed by atoms with van der Waals surface area (Å²) in [7, 11) is 0. The maximum absolute atomic E-state index is 13.2. The Labute approximate surface area is 152 Å². The van der Waals surface area contributed by atoms with Crippen molar-refractivity contribution in [2.24, 2.45) is 0 Å². The van der Waals surface area contributed by atoms with E-state index in [0.717, 1.165) is 5.56 Å². The average molecular weight is 367 g/mol. The third-order valence-electron chi connectivity index (χ3n) is 3.77. The molecule has 0 aliphatic heterocycles. The zero-order valence-electron chi connectivity index (χ0n) is 13.6. The van der Waals surface area contributed by atoms with Gasteiger partial charge in [-0.05, 0) is 18.2 Å². The minimum absolute atomic E-state index is 0.191. The van der Waals surface area contributed by atoms with E-state index in [4.69, 9.17) is 4.42 Å². The summed E-state index contributed by atoms with van der Waals surface area (Å²) in [6.45, 7) is 0. The lowest BCUT2D eigenvalue weighted by Gasteiger charge is -1.99. The third-order valence-corrected chi connectivity index (χ3v) is 4.71. The molecule has 0 bridgehead atoms. The first-order valence-corrected chi connectivity index (χ1v) is 8.85. The monoisotopic (exact) mass is 367 g/mol. The average Bonchev–Trinajstić information content (AvgIpc) is 3.27. The zero-order chi connectivity index (χ0) is 17.9. The highest BCUT2D eigenvalue weighted by Gasteiger charge is 2.11. The topological polar surface area (TPSA) is 68.0 Å². The van der Waals surface area contributed by atoms with Crippen molar-refractivity contribution in [3.8, 4) is 11.3 Å². The summed E-state index contributed by atoms with van der Waals surface area (Å²) < 4.78 is 19.6. The fourth-order valence-electron chi connectivity index (χ4n) is 2.52. The molecular formula is C19H14FN3O2S. The summed E-state index contributed by atoms with van der Waals surface area (Å²) in [5, 5.41) is 3.19. The molecule has 4 aromatic rings. The van der Waals surface area contributed by atoms with E-state index in [1.54, 1.807) is 12.3 Å². The van der Waals surface area contributed by atoms with Crippen LogP contribution in [0.25, 0.3) is 21.5 Å². The molecule has 1 N–H and O–H groups in total. The number of halogens is 1. The molecule has 7 heteroatoms. The summed E-state index contributed by atoms with van der Waals surface area (Å²) in [4.78, 5) is 20.6. The number of nitrogens with one attached hydrogen (secondary N) is 1. The lowest BCUT2D eigenvalue weighted by atomic mass is 10.2. The predicted molar refractivity (Wildman–Crippen MR) is 98.5 cm³/mol. The van der Waals surface area contributed by atoms with Gasteiger partial charge in [-0.15, -0.1) is 0 Å². The molecule has 2 aromatic carbocycles. The zero-order valence-corrected chi connectivity index (χ0v) is 14.4. The largest absolute Gasteiger partial charge is 0.441 e. The van der Waals surface area contributed by atoms with Crippen molar-refractivity contribution in [2.75, 3.05) is 5.32 Å². The number of aromatic nitrogens is 2. The van der Waals surface area contributed by atoms with Gasteiger partial charge in [0.25, 0.3) is 0 Å². The molecule has 26 heavy (non-hydrogen) atoms. The Balaban J connectivity index is 1.37. The molecule has 0 saturated heterocycles. The van der Waals surface area contributed by atoms with Crippen LogP contribution >= 0.6 is 11.3 Å². The molecule has 4 rings (SSSR count). The second-order valence-corrected chi connectivity index (χ2v) is 6.69. The van der Waals surface area contributed by atoms with Crippen LogP contribution in [0.2, 0.25) is 0 Å². The van der Waals surface area contributed by atoms with Gasteiger partial charge in [0, 0.05) is 18.4 Å². The van der Waals surface area contributed by atoms with Crippen LogP contribution in [0.1, 0.15) is 12.3 Å². The van der Waals surface area contributed by atoms with E-state index in [9.17, 15) is 9.18 Å². The number of rotatable bonds is 5. The number of aryl methyl sites for hydroxylation is 1. The van der Waals surface area contributed by atoms with E-state index in [-0.39, 0.29) is 18.1 Å². The van der Waals surface area contributed by atoms with E-state index >= 15 is 0 Å². The molecule has 130 valence electrons. The minimum atomic E-state index is -0.322. The number of fused-ring (bicyclic) bond motifs is 1. The molecule has 0 spiro atoms. The number of hydrogen-bond acceptors (Lipinski definition) is 5. The van der Waals surface area contributed by atoms with Gasteiger partial charge >= 0.3 is 0 Å². The van der Waals surface area contributed by atoms with Crippen LogP contribution in [0.3, 0.4) is 0 Å². The lowest BCUT2D eigenvalue weighted by Crippen LogP contribution is -2.12. The number of thiazole rings is 1. The van der Waals surface area contributed by atoms with Crippen molar-refractivity contribution >= 4 is 32.6 Å². The number of benzene rings is 2. The van der Waals surface area contributed by atoms with Crippen LogP contribution < -0.4 is 5.32 Å². The van der Waals surface area contributed by atoms with Gasteiger partial charge in [-0.1, -0.05) is 41.7 Å². The second-order valence-electron chi connectivity index (χ2n) is 5.66. The van der Waals surface area contributed by atoms with Gasteiger partial charge in [0.2, 0.25) is 5.91 Å². The number of oxazole rings is 1. The first-order chi connectivity index (χ1) is 12.7. The van der Waals surface area contributed by atoms with Gasteiger partial charge < -0.3 is 9.73 Å². The summed E-state index contributed by atoms with van der Waals surface area (Å²) in [5.41, 5.74) is 1.60. The first-order valence-electron chi connectivity index (χ1n) is 8.03. The van der Waals surface area contributed by atoms with Gasteiger partial charge in [0.05, 0.1) is 16.4 Å². The summed E-state index contributed by atoms with van der Waals surface area (Å²) in [6.07, 6.45) is 2.27. The van der Waals surface area contributed by atoms with Crippen LogP contribution in [-0.2, 0) is 11.2 Å². The quantitative estimate of drug-likeness (QED) is 0.557. The number of carbonyl (C=O) groups excluding carboxylic acids is 1. The van der Waals surface area contributed by atoms with E-state index in [1.807, 2.05) is 30.3 Å². The van der Waals surface area contributed by atoms with Crippen LogP contribution in [0.5, 0.6) is 0 Å². The Morgan fingerprint density at radius 1 is 1.19 bits per heavy atom. The van der Waals surface area contributed by atoms with E-state index in [1.165, 1.54) is 23.5 Å². The highest BCUT2D eigenvalue weighted by atomic mass is 32.1. The second kappa shape index (κ2) is 7.05. The van der Waals surface area contributed by atoms with Crippen LogP contribution in [-0.4, -0.2) is 15.9 Å². The number of nitrogens with zero attached hydrogens (tertiary/aromatic N) is 2. The molecule has 5 nitrogen and oxygen atoms in total. The molecule has 0 aliphatic rings. The minimum Gasteiger partial charge on any atom is -0.441 e. The number of anilines is 1. The highest BCUT2D eigenvalue weighted by molar-refractivity contribution is 7.22. The fraction of sp³-hybridized carbons (Fsp3) is 0.105. The van der Waals surface area contributed by atoms with Gasteiger partial charge in [-0.3, -0.25) is 4.79 Å². The van der Waals surface area contributed by atoms with Crippen LogP contribution in [0, 0.1) is 5.82 Å². The van der Waals surface area contributed by atoms with Gasteiger partial charge in [0.15, 0.2) is 16.8 Å². The standard InChI is InChI=1S/C19H14FN3O2S/c20-13-6-7-14-16(10-13)26-19(22-14)23-17(24)8-9-18-21-11-15(25-18)12-4-2-1-3-5-12/h1-7,10-11H,8-9H2,(H,22,23,24). The van der Waals surface area contributed by atoms with Crippen molar-refractivity contribution in [2.45, 2.75) is 12.8 Å². The molecular weight excluding hydrogens is 353 g/mol. The van der Waals surface area contributed by atoms with Crippen molar-refractivity contribution < 1.29 is 13.6 Å². The van der Waals surface area contributed by atoms with Crippen molar-refractivity contribution in [3.05, 3.63) is 66.4 Å². The molecule has 1 amide bonds. The highest BCUT2D eigenvalue weighted by Crippen LogP contribution is 2.26. The van der Waals surface area contributed by atoms with Crippen molar-refractivity contribution in [3.63, 3.8) is 0 Å². The van der Waals surface area contributed by atoms with Gasteiger partial charge in [-0.2, -0.15) is 0 Å². The summed E-state index contributed by atoms with van der Waals surface area (Å²) in [6, 6.07) is 14.0. The maximum atomic E-state index is 13.2. The lowest BCUT2D eigenvalue weighted by molar-refractivity contribution is -0.116. The Bertz CT molecular complexity index is 1060. The molecule has 2 heterocycles. The molecule has 0 fully saturated rings. The summed E-state index contributed by atoms with van der Waals surface area (Å²) in [5.74, 6) is 0.667. The maximum Gasteiger partial charge on any atom is 0.226 e. The molecule has 0 radical (unpaired) electrons. The normalized spacial score (nSPS) is 11.0. The van der Waals surface area contributed by atoms with E-state index in [0.29, 0.717) is 33.4 Å². The van der Waals surface area contributed by atoms with Crippen LogP contribution in [0.15, 0.2) is 59.1 Å². The Kier molecular flexibility index (Phi) is 4.45. The molecule has 0 unspecified atom stereocenters. The van der Waals surface area contributed by atoms with Crippen molar-refractivity contribution in [1.29, 1.82) is 0 Å². The van der Waals surface area contributed by atoms with Crippen LogP contribution in [0.4, 0.5) is 9.52 Å². The Morgan fingerprint density at radius 2 is 2.04 bits per heavy atom. The fourth-order valence-corrected chi connectivity index (χ4v) is 3.42. The molecule has 0 atom stereocenters. The number of carbonyl (C=O) groups is 1. The van der Waals surface area contributed by atoms with Gasteiger partial charge in [-0.25, -0.2) is 14.4 Å². The van der Waals surface area contributed by atoms with E-state index < -0.39 is 0 Å². The summed E-state index contributed by atoms with van der Waals surface area (Å²) >= 11 is 1.24. The SMILES string of the molecule is O=C(CCc1ncc(-c2ccccc2)o1)Nc1nc2ccc(F)cc2s1. The first kappa shape index (κ1) is 16.4. The molecule has 0 saturated carbocycles. The Morgan fingerprint density at radius 3 is 2.88 bits per heavy atom. The predicted octanol–water partition coefficient (Wildman–Crippen LogP) is 4.66. The van der Waals surface area contributed by atoms with E-state index in [2.05, 4.69) is 15.3 Å². The smallest absolute Gasteiger partial charge is 0.226 e. The number of hydrogen-bond donors (Lipinski definition) is 1.